The third kappa shape index (κ3) is 3.57. The van der Waals surface area contributed by atoms with Crippen LogP contribution in [0.1, 0.15) is 36.8 Å². The van der Waals surface area contributed by atoms with Crippen molar-refractivity contribution in [3.05, 3.63) is 101 Å². The number of benzene rings is 2. The molecule has 0 atom stereocenters. The molecular formula is C24H16N4O3S. The monoisotopic (exact) mass is 440 g/mol. The number of imide groups is 1. The summed E-state index contributed by atoms with van der Waals surface area (Å²) in [7, 11) is 0. The summed E-state index contributed by atoms with van der Waals surface area (Å²) in [5.74, 6) is -0.995. The number of fused-ring (bicyclic) bond motifs is 1. The van der Waals surface area contributed by atoms with Crippen LogP contribution < -0.4 is 10.2 Å². The van der Waals surface area contributed by atoms with Gasteiger partial charge in [-0.25, -0.2) is 9.88 Å². The summed E-state index contributed by atoms with van der Waals surface area (Å²) >= 11 is 1.50. The van der Waals surface area contributed by atoms with Gasteiger partial charge in [-0.15, -0.1) is 11.3 Å². The Bertz CT molecular complexity index is 1300. The summed E-state index contributed by atoms with van der Waals surface area (Å²) in [4.78, 5) is 47.4. The topological polar surface area (TPSA) is 92.3 Å². The van der Waals surface area contributed by atoms with E-state index in [2.05, 4.69) is 15.3 Å². The summed E-state index contributed by atoms with van der Waals surface area (Å²) in [6.07, 6.45) is 3.42. The quantitative estimate of drug-likeness (QED) is 0.475. The molecule has 1 N–H and O–H groups in total. The van der Waals surface area contributed by atoms with Crippen molar-refractivity contribution >= 4 is 34.7 Å². The number of hydrogen-bond donors (Lipinski definition) is 1. The highest BCUT2D eigenvalue weighted by atomic mass is 32.1. The fourth-order valence-electron chi connectivity index (χ4n) is 3.47. The molecule has 3 amide bonds. The average Bonchev–Trinajstić information content (AvgIpc) is 3.41. The SMILES string of the molecule is O=C(NCc1csc(-c2ccncc2)n1)c1ccc(N2C(=O)c3ccccc3C2=O)cc1. The maximum absolute atomic E-state index is 12.6. The Kier molecular flexibility index (Phi) is 5.04. The first kappa shape index (κ1) is 19.8. The standard InChI is InChI=1S/C24H16N4O3S/c29-21(26-13-17-14-32-22(27-17)16-9-11-25-12-10-16)15-5-7-18(8-6-15)28-23(30)19-3-1-2-4-20(19)24(28)31/h1-12,14H,13H2,(H,26,29). The highest BCUT2D eigenvalue weighted by molar-refractivity contribution is 7.13. The van der Waals surface area contributed by atoms with Gasteiger partial charge in [0.1, 0.15) is 5.01 Å². The molecule has 8 heteroatoms. The van der Waals surface area contributed by atoms with E-state index in [1.807, 2.05) is 17.5 Å². The number of aromatic nitrogens is 2. The summed E-state index contributed by atoms with van der Waals surface area (Å²) in [6, 6.07) is 16.9. The molecule has 0 fully saturated rings. The van der Waals surface area contributed by atoms with Crippen LogP contribution in [0, 0.1) is 0 Å². The van der Waals surface area contributed by atoms with Crippen LogP contribution in [0.25, 0.3) is 10.6 Å². The van der Waals surface area contributed by atoms with Gasteiger partial charge in [-0.05, 0) is 48.5 Å². The molecule has 0 bridgehead atoms. The maximum atomic E-state index is 12.6. The van der Waals surface area contributed by atoms with E-state index in [1.165, 1.54) is 11.3 Å². The van der Waals surface area contributed by atoms with Crippen molar-refractivity contribution in [3.8, 4) is 10.6 Å². The van der Waals surface area contributed by atoms with Gasteiger partial charge in [-0.2, -0.15) is 0 Å². The number of thiazole rings is 1. The van der Waals surface area contributed by atoms with Gasteiger partial charge in [0.25, 0.3) is 17.7 Å². The molecule has 0 radical (unpaired) electrons. The molecule has 0 spiro atoms. The Morgan fingerprint density at radius 3 is 2.22 bits per heavy atom. The van der Waals surface area contributed by atoms with Crippen molar-refractivity contribution in [1.29, 1.82) is 0 Å². The number of nitrogens with one attached hydrogen (secondary N) is 1. The third-order valence-electron chi connectivity index (χ3n) is 5.09. The molecule has 0 saturated carbocycles. The molecule has 4 aromatic rings. The van der Waals surface area contributed by atoms with Gasteiger partial charge < -0.3 is 5.32 Å². The fourth-order valence-corrected chi connectivity index (χ4v) is 4.30. The molecule has 0 aliphatic carbocycles. The molecule has 1 aliphatic rings. The molecule has 3 heterocycles. The maximum Gasteiger partial charge on any atom is 0.266 e. The zero-order chi connectivity index (χ0) is 22.1. The zero-order valence-corrected chi connectivity index (χ0v) is 17.5. The third-order valence-corrected chi connectivity index (χ3v) is 6.03. The van der Waals surface area contributed by atoms with Crippen LogP contribution in [0.2, 0.25) is 0 Å². The zero-order valence-electron chi connectivity index (χ0n) is 16.7. The van der Waals surface area contributed by atoms with Gasteiger partial charge >= 0.3 is 0 Å². The van der Waals surface area contributed by atoms with E-state index in [0.29, 0.717) is 28.9 Å². The molecule has 156 valence electrons. The Balaban J connectivity index is 1.25. The minimum atomic E-state index is -0.365. The van der Waals surface area contributed by atoms with Crippen molar-refractivity contribution in [1.82, 2.24) is 15.3 Å². The van der Waals surface area contributed by atoms with Crippen molar-refractivity contribution in [3.63, 3.8) is 0 Å². The Hall–Kier alpha value is -4.17. The number of carbonyl (C=O) groups excluding carboxylic acids is 3. The largest absolute Gasteiger partial charge is 0.346 e. The molecule has 0 unspecified atom stereocenters. The van der Waals surface area contributed by atoms with Crippen LogP contribution in [0.4, 0.5) is 5.69 Å². The first-order chi connectivity index (χ1) is 15.6. The first-order valence-electron chi connectivity index (χ1n) is 9.83. The minimum absolute atomic E-state index is 0.266. The number of pyridine rings is 1. The smallest absolute Gasteiger partial charge is 0.266 e. The fraction of sp³-hybridized carbons (Fsp3) is 0.0417. The van der Waals surface area contributed by atoms with E-state index >= 15 is 0 Å². The van der Waals surface area contributed by atoms with Gasteiger partial charge in [-0.1, -0.05) is 12.1 Å². The van der Waals surface area contributed by atoms with E-state index in [0.717, 1.165) is 21.2 Å². The Labute approximate surface area is 187 Å². The molecule has 2 aromatic carbocycles. The molecular weight excluding hydrogens is 424 g/mol. The molecule has 1 aliphatic heterocycles. The molecule has 0 saturated heterocycles. The Morgan fingerprint density at radius 2 is 1.56 bits per heavy atom. The predicted octanol–water partition coefficient (Wildman–Crippen LogP) is 3.94. The van der Waals surface area contributed by atoms with E-state index in [1.54, 1.807) is 60.9 Å². The average molecular weight is 440 g/mol. The van der Waals surface area contributed by atoms with E-state index in [9.17, 15) is 14.4 Å². The Morgan fingerprint density at radius 1 is 0.906 bits per heavy atom. The summed E-state index contributed by atoms with van der Waals surface area (Å²) in [5, 5.41) is 5.61. The molecule has 32 heavy (non-hydrogen) atoms. The van der Waals surface area contributed by atoms with Crippen LogP contribution in [-0.4, -0.2) is 27.7 Å². The lowest BCUT2D eigenvalue weighted by atomic mass is 10.1. The van der Waals surface area contributed by atoms with Crippen LogP contribution in [0.15, 0.2) is 78.4 Å². The second-order valence-corrected chi connectivity index (χ2v) is 7.96. The molecule has 7 nitrogen and oxygen atoms in total. The number of hydrogen-bond acceptors (Lipinski definition) is 6. The van der Waals surface area contributed by atoms with Crippen molar-refractivity contribution in [2.45, 2.75) is 6.54 Å². The van der Waals surface area contributed by atoms with E-state index in [4.69, 9.17) is 0 Å². The minimum Gasteiger partial charge on any atom is -0.346 e. The highest BCUT2D eigenvalue weighted by Crippen LogP contribution is 2.28. The second kappa shape index (κ2) is 8.16. The van der Waals surface area contributed by atoms with Gasteiger partial charge in [0.2, 0.25) is 0 Å². The summed E-state index contributed by atoms with van der Waals surface area (Å²) < 4.78 is 0. The van der Waals surface area contributed by atoms with Crippen LogP contribution in [-0.2, 0) is 6.54 Å². The number of carbonyl (C=O) groups is 3. The second-order valence-electron chi connectivity index (χ2n) is 7.10. The van der Waals surface area contributed by atoms with Crippen molar-refractivity contribution < 1.29 is 14.4 Å². The van der Waals surface area contributed by atoms with Gasteiger partial charge in [-0.3, -0.25) is 19.4 Å². The lowest BCUT2D eigenvalue weighted by Crippen LogP contribution is -2.29. The van der Waals surface area contributed by atoms with Crippen molar-refractivity contribution in [2.75, 3.05) is 4.90 Å². The number of nitrogens with zero attached hydrogens (tertiary/aromatic N) is 3. The van der Waals surface area contributed by atoms with Crippen LogP contribution in [0.5, 0.6) is 0 Å². The van der Waals surface area contributed by atoms with E-state index < -0.39 is 0 Å². The number of amides is 3. The first-order valence-corrected chi connectivity index (χ1v) is 10.7. The predicted molar refractivity (Wildman–Crippen MR) is 121 cm³/mol. The molecule has 5 rings (SSSR count). The summed E-state index contributed by atoms with van der Waals surface area (Å²) in [6.45, 7) is 0.292. The van der Waals surface area contributed by atoms with Crippen molar-refractivity contribution in [2.24, 2.45) is 0 Å². The van der Waals surface area contributed by atoms with Gasteiger partial charge in [0.15, 0.2) is 0 Å². The van der Waals surface area contributed by atoms with Crippen LogP contribution >= 0.6 is 11.3 Å². The van der Waals surface area contributed by atoms with Crippen LogP contribution in [0.3, 0.4) is 0 Å². The summed E-state index contributed by atoms with van der Waals surface area (Å²) in [5.41, 5.74) is 3.36. The lowest BCUT2D eigenvalue weighted by Gasteiger charge is -2.14. The lowest BCUT2D eigenvalue weighted by molar-refractivity contribution is 0.0923. The van der Waals surface area contributed by atoms with Gasteiger partial charge in [0.05, 0.1) is 29.1 Å². The highest BCUT2D eigenvalue weighted by Gasteiger charge is 2.36. The number of rotatable bonds is 5. The molecule has 2 aromatic heterocycles. The normalized spacial score (nSPS) is 12.7. The van der Waals surface area contributed by atoms with E-state index in [-0.39, 0.29) is 17.7 Å². The van der Waals surface area contributed by atoms with Gasteiger partial charge in [0, 0.05) is 28.9 Å². The number of anilines is 1.